The molecule has 1 aromatic rings. The molecule has 4 aliphatic rings. The van der Waals surface area contributed by atoms with Gasteiger partial charge in [-0.2, -0.15) is 0 Å². The Kier molecular flexibility index (Phi) is 40.2. The fraction of sp³-hybridized carbons (Fsp3) is 0.704. The Balaban J connectivity index is 0. The van der Waals surface area contributed by atoms with Crippen molar-refractivity contribution in [2.75, 3.05) is 108 Å². The predicted octanol–water partition coefficient (Wildman–Crippen LogP) is 6.77. The number of esters is 5. The van der Waals surface area contributed by atoms with Gasteiger partial charge in [-0.25, -0.2) is 4.79 Å². The number of carbonyl (C=O) groups is 7. The molecule has 0 bridgehead atoms. The highest BCUT2D eigenvalue weighted by molar-refractivity contribution is 7.73. The smallest absolute Gasteiger partial charge is 0.333 e. The molecule has 77 heavy (non-hydrogen) atoms. The van der Waals surface area contributed by atoms with Crippen LogP contribution in [-0.4, -0.2) is 215 Å². The van der Waals surface area contributed by atoms with Crippen molar-refractivity contribution in [3.8, 4) is 0 Å². The van der Waals surface area contributed by atoms with Gasteiger partial charge in [0.05, 0.1) is 51.7 Å². The molecule has 442 valence electrons. The number of methoxy groups -OCH3 is 2. The fourth-order valence-electron chi connectivity index (χ4n) is 7.47. The number of hydrogen-bond acceptors (Lipinski definition) is 20. The molecular formula is C54H93Cl2N7O12S2. The highest BCUT2D eigenvalue weighted by Crippen LogP contribution is 2.25. The lowest BCUT2D eigenvalue weighted by molar-refractivity contribution is -0.155. The first-order valence-electron chi connectivity index (χ1n) is 26.1. The fourth-order valence-corrected chi connectivity index (χ4v) is 8.50. The van der Waals surface area contributed by atoms with Gasteiger partial charge in [-0.1, -0.05) is 18.2 Å². The lowest BCUT2D eigenvalue weighted by Gasteiger charge is -2.32. The van der Waals surface area contributed by atoms with Gasteiger partial charge in [0.1, 0.15) is 18.0 Å². The van der Waals surface area contributed by atoms with Crippen LogP contribution in [0, 0.1) is 9.87 Å². The minimum atomic E-state index is -0.541. The summed E-state index contributed by atoms with van der Waals surface area (Å²) in [6.07, 6.45) is 10.7. The Hall–Kier alpha value is -3.90. The minimum absolute atomic E-state index is 0. The molecule has 0 spiro atoms. The van der Waals surface area contributed by atoms with Crippen LogP contribution in [0.25, 0.3) is 5.57 Å². The Morgan fingerprint density at radius 2 is 1.29 bits per heavy atom. The number of aromatic amines is 1. The van der Waals surface area contributed by atoms with E-state index >= 15 is 0 Å². The number of likely N-dealkylation sites (N-methyl/N-ethyl adjacent to an activating group) is 5. The summed E-state index contributed by atoms with van der Waals surface area (Å²) in [6.45, 7) is 22.6. The van der Waals surface area contributed by atoms with Crippen LogP contribution in [0.1, 0.15) is 107 Å². The SMILES string of the molecule is CCOC(=O)C1=C[C@H](C)N(C)CC1.CCOC(=O)C1CCN(C)[C@@H](C)C1=O.CCOC(=O)CCCN(C)[C@@H](C)C(=O)OC.COC(=O)[C@H](C)N.C[C@H]1C=C(C(=O)CCl)CCN1C.C[C@H]1C=C(c2csc(=S)[nH]2)CCN1C.Cl. The zero-order valence-electron chi connectivity index (χ0n) is 48.8. The first kappa shape index (κ1) is 75.2. The van der Waals surface area contributed by atoms with Crippen LogP contribution in [0.2, 0.25) is 0 Å². The van der Waals surface area contributed by atoms with E-state index in [4.69, 9.17) is 43.8 Å². The zero-order valence-corrected chi connectivity index (χ0v) is 52.0. The third-order valence-corrected chi connectivity index (χ3v) is 14.5. The number of H-pyrrole nitrogens is 1. The molecule has 5 heterocycles. The molecule has 0 saturated carbocycles. The maximum Gasteiger partial charge on any atom is 0.333 e. The number of nitrogens with zero attached hydrogens (tertiary/aromatic N) is 5. The maximum atomic E-state index is 11.7. The number of ether oxygens (including phenoxy) is 5. The van der Waals surface area contributed by atoms with Crippen molar-refractivity contribution >= 4 is 94.5 Å². The molecule has 1 aromatic heterocycles. The molecule has 3 N–H and O–H groups in total. The van der Waals surface area contributed by atoms with Gasteiger partial charge in [0.25, 0.3) is 0 Å². The average molecular weight is 1170 g/mol. The number of nitrogens with two attached hydrogens (primary N) is 1. The van der Waals surface area contributed by atoms with Crippen LogP contribution in [0.4, 0.5) is 0 Å². The van der Waals surface area contributed by atoms with Crippen LogP contribution in [0.15, 0.2) is 34.8 Å². The Bertz CT molecular complexity index is 2120. The number of hydrogen-bond donors (Lipinski definition) is 2. The topological polar surface area (TPSA) is 224 Å². The third-order valence-electron chi connectivity index (χ3n) is 13.2. The van der Waals surface area contributed by atoms with E-state index in [0.29, 0.717) is 63.8 Å². The molecule has 7 atom stereocenters. The van der Waals surface area contributed by atoms with E-state index in [1.807, 2.05) is 49.9 Å². The van der Waals surface area contributed by atoms with Crippen LogP contribution >= 0.6 is 47.6 Å². The number of piperidine rings is 1. The van der Waals surface area contributed by atoms with Gasteiger partial charge in [-0.15, -0.1) is 35.3 Å². The van der Waals surface area contributed by atoms with E-state index < -0.39 is 12.0 Å². The van der Waals surface area contributed by atoms with Gasteiger partial charge in [-0.3, -0.25) is 53.3 Å². The summed E-state index contributed by atoms with van der Waals surface area (Å²) >= 11 is 12.2. The summed E-state index contributed by atoms with van der Waals surface area (Å²) in [5.74, 6) is -1.71. The lowest BCUT2D eigenvalue weighted by Crippen LogP contribution is -2.48. The van der Waals surface area contributed by atoms with Gasteiger partial charge < -0.3 is 34.4 Å². The maximum absolute atomic E-state index is 11.7. The number of carbonyl (C=O) groups excluding carboxylic acids is 7. The summed E-state index contributed by atoms with van der Waals surface area (Å²) in [6, 6.07) is 0.282. The highest BCUT2D eigenvalue weighted by atomic mass is 35.5. The monoisotopic (exact) mass is 1170 g/mol. The molecule has 0 amide bonds. The molecule has 19 nitrogen and oxygen atoms in total. The third kappa shape index (κ3) is 29.2. The number of thiazole rings is 1. The number of likely N-dealkylation sites (tertiary alicyclic amines) is 1. The van der Waals surface area contributed by atoms with E-state index in [1.54, 1.807) is 39.0 Å². The average Bonchev–Trinajstić information content (AvgIpc) is 3.84. The van der Waals surface area contributed by atoms with Gasteiger partial charge in [0, 0.05) is 55.1 Å². The molecule has 5 rings (SSSR count). The van der Waals surface area contributed by atoms with Gasteiger partial charge >= 0.3 is 29.8 Å². The molecule has 0 aromatic carbocycles. The molecule has 1 unspecified atom stereocenters. The number of rotatable bonds is 15. The lowest BCUT2D eigenvalue weighted by atomic mass is 9.90. The summed E-state index contributed by atoms with van der Waals surface area (Å²) in [4.78, 5) is 91.9. The number of halogens is 2. The Morgan fingerprint density at radius 1 is 0.779 bits per heavy atom. The first-order valence-corrected chi connectivity index (χ1v) is 27.9. The summed E-state index contributed by atoms with van der Waals surface area (Å²) < 4.78 is 24.3. The normalized spacial score (nSPS) is 21.3. The molecule has 0 aliphatic carbocycles. The van der Waals surface area contributed by atoms with Crippen LogP contribution in [0.5, 0.6) is 0 Å². The molecular weight excluding hydrogens is 1070 g/mol. The van der Waals surface area contributed by atoms with Crippen molar-refractivity contribution in [1.82, 2.24) is 29.5 Å². The van der Waals surface area contributed by atoms with E-state index in [0.717, 1.165) is 60.5 Å². The van der Waals surface area contributed by atoms with Crippen molar-refractivity contribution in [2.45, 2.75) is 137 Å². The quantitative estimate of drug-likeness (QED) is 0.0608. The molecule has 4 aliphatic heterocycles. The van der Waals surface area contributed by atoms with Crippen molar-refractivity contribution in [2.24, 2.45) is 11.7 Å². The first-order chi connectivity index (χ1) is 35.7. The van der Waals surface area contributed by atoms with Gasteiger partial charge in [-0.05, 0) is 166 Å². The molecule has 1 fully saturated rings. The van der Waals surface area contributed by atoms with Crippen molar-refractivity contribution in [3.05, 3.63) is 44.4 Å². The number of Topliss-reactive ketones (excluding diaryl/α,β-unsaturated/α-hetero) is 2. The van der Waals surface area contributed by atoms with E-state index in [-0.39, 0.29) is 71.8 Å². The van der Waals surface area contributed by atoms with Gasteiger partial charge in [0.15, 0.2) is 15.5 Å². The van der Waals surface area contributed by atoms with E-state index in [9.17, 15) is 33.6 Å². The number of ketones is 2. The second kappa shape index (κ2) is 41.2. The largest absolute Gasteiger partial charge is 0.468 e. The summed E-state index contributed by atoms with van der Waals surface area (Å²) in [5.41, 5.74) is 9.41. The predicted molar refractivity (Wildman–Crippen MR) is 311 cm³/mol. The molecule has 23 heteroatoms. The standard InChI is InChI=1S/C11H21NO4.C10H14N2S2.C10H17NO3.C10H17NO2.C9H14ClNO.C4H9NO2.ClH/c1-5-16-10(13)7-6-8-12(3)9(2)11(14)15-4;1-7-5-8(3-4-12(7)2)9-6-14-10(13)11-9;1-4-14-10(13)8-5-6-11(3)7(2)9(8)12;1-4-13-10(12)9-5-6-11(3)8(2)7-9;1-7-5-8(9(12)6-10)3-4-11(7)2;1-3(5)4(6)7-2;/h9H,5-8H2,1-4H3;5-7H,3-4H2,1-2H3,(H,11,13);7-8H,4-6H2,1-3H3;7-8H,4-6H2,1-3H3;5,7H,3-4,6H2,1-2H3;3H,5H2,1-2H3;1H/t9-;7-;7-,8?;8-;7-;3-;/m000000./s1. The van der Waals surface area contributed by atoms with E-state index in [2.05, 4.69) is 82.5 Å². The van der Waals surface area contributed by atoms with Gasteiger partial charge in [0.2, 0.25) is 0 Å². The Labute approximate surface area is 479 Å². The van der Waals surface area contributed by atoms with E-state index in [1.165, 1.54) is 25.5 Å². The molecule has 1 saturated heterocycles. The van der Waals surface area contributed by atoms with Crippen molar-refractivity contribution in [1.29, 1.82) is 0 Å². The zero-order chi connectivity index (χ0) is 58.2. The van der Waals surface area contributed by atoms with Crippen molar-refractivity contribution in [3.63, 3.8) is 0 Å². The minimum Gasteiger partial charge on any atom is -0.468 e. The second-order valence-corrected chi connectivity index (χ2v) is 20.7. The number of nitrogens with one attached hydrogen (secondary N) is 1. The molecule has 0 radical (unpaired) electrons. The summed E-state index contributed by atoms with van der Waals surface area (Å²) in [7, 11) is 12.7. The van der Waals surface area contributed by atoms with Crippen molar-refractivity contribution < 1.29 is 57.2 Å². The number of alkyl halides is 1. The second-order valence-electron chi connectivity index (χ2n) is 18.9. The Morgan fingerprint density at radius 3 is 1.73 bits per heavy atom. The van der Waals surface area contributed by atoms with Crippen LogP contribution in [0.3, 0.4) is 0 Å². The highest BCUT2D eigenvalue weighted by Gasteiger charge is 2.37. The van der Waals surface area contributed by atoms with Crippen LogP contribution in [-0.2, 0) is 57.2 Å². The number of aromatic nitrogens is 1. The summed E-state index contributed by atoms with van der Waals surface area (Å²) in [5, 5.41) is 2.12. The van der Waals surface area contributed by atoms with Crippen LogP contribution < -0.4 is 5.73 Å².